The molecule has 1 aliphatic rings. The molecule has 0 spiro atoms. The molecule has 1 saturated heterocycles. The number of urea groups is 1. The van der Waals surface area contributed by atoms with Crippen molar-refractivity contribution in [3.8, 4) is 5.69 Å². The Labute approximate surface area is 127 Å². The fourth-order valence-electron chi connectivity index (χ4n) is 2.50. The summed E-state index contributed by atoms with van der Waals surface area (Å²) in [6.07, 6.45) is 4.00. The van der Waals surface area contributed by atoms with Gasteiger partial charge in [0.25, 0.3) is 0 Å². The molecule has 0 radical (unpaired) electrons. The van der Waals surface area contributed by atoms with Crippen molar-refractivity contribution in [2.45, 2.75) is 6.42 Å². The number of hydrogen-bond acceptors (Lipinski definition) is 3. The Kier molecular flexibility index (Phi) is 3.78. The highest BCUT2D eigenvalue weighted by molar-refractivity contribution is 5.90. The van der Waals surface area contributed by atoms with Gasteiger partial charge in [-0.15, -0.1) is 0 Å². The molecule has 3 rings (SSSR count). The van der Waals surface area contributed by atoms with E-state index in [1.807, 2.05) is 30.5 Å². The summed E-state index contributed by atoms with van der Waals surface area (Å²) in [5.74, 6) is -1.32. The second kappa shape index (κ2) is 5.88. The van der Waals surface area contributed by atoms with Crippen LogP contribution in [0.4, 0.5) is 10.5 Å². The van der Waals surface area contributed by atoms with Crippen LogP contribution in [0.2, 0.25) is 0 Å². The third-order valence-electron chi connectivity index (χ3n) is 3.69. The lowest BCUT2D eigenvalue weighted by molar-refractivity contribution is -0.141. The van der Waals surface area contributed by atoms with Crippen molar-refractivity contribution in [1.29, 1.82) is 0 Å². The SMILES string of the molecule is O=C(O)C1CCN(C(=O)Nc2cccc(-n3cccn3)c2)C1. The van der Waals surface area contributed by atoms with Gasteiger partial charge in [0.2, 0.25) is 0 Å². The molecule has 0 aliphatic carbocycles. The molecule has 114 valence electrons. The second-order valence-electron chi connectivity index (χ2n) is 5.20. The molecular weight excluding hydrogens is 284 g/mol. The quantitative estimate of drug-likeness (QED) is 0.905. The standard InChI is InChI=1S/C15H16N4O3/c20-14(21)11-5-8-18(10-11)15(22)17-12-3-1-4-13(9-12)19-7-2-6-16-19/h1-4,6-7,9,11H,5,8,10H2,(H,17,22)(H,20,21). The average Bonchev–Trinajstić information content (AvgIpc) is 3.19. The first-order chi connectivity index (χ1) is 10.6. The normalized spacial score (nSPS) is 17.5. The number of nitrogens with zero attached hydrogens (tertiary/aromatic N) is 3. The molecule has 7 heteroatoms. The number of carboxylic acid groups (broad SMARTS) is 1. The van der Waals surface area contributed by atoms with Crippen molar-refractivity contribution in [2.24, 2.45) is 5.92 Å². The first kappa shape index (κ1) is 14.1. The summed E-state index contributed by atoms with van der Waals surface area (Å²) in [4.78, 5) is 24.6. The van der Waals surface area contributed by atoms with Crippen LogP contribution < -0.4 is 5.32 Å². The Morgan fingerprint density at radius 2 is 2.18 bits per heavy atom. The van der Waals surface area contributed by atoms with Crippen LogP contribution in [-0.2, 0) is 4.79 Å². The van der Waals surface area contributed by atoms with E-state index in [-0.39, 0.29) is 12.6 Å². The molecule has 1 aromatic heterocycles. The van der Waals surface area contributed by atoms with E-state index in [1.54, 1.807) is 16.9 Å². The zero-order valence-corrected chi connectivity index (χ0v) is 11.8. The third kappa shape index (κ3) is 2.93. The van der Waals surface area contributed by atoms with Crippen LogP contribution in [0.5, 0.6) is 0 Å². The van der Waals surface area contributed by atoms with Gasteiger partial charge < -0.3 is 15.3 Å². The number of aliphatic carboxylic acids is 1. The number of nitrogens with one attached hydrogen (secondary N) is 1. The number of hydrogen-bond donors (Lipinski definition) is 2. The number of anilines is 1. The summed E-state index contributed by atoms with van der Waals surface area (Å²) in [6, 6.07) is 8.86. The van der Waals surface area contributed by atoms with Gasteiger partial charge in [-0.25, -0.2) is 9.48 Å². The van der Waals surface area contributed by atoms with Crippen LogP contribution in [0.15, 0.2) is 42.7 Å². The molecule has 1 atom stereocenters. The summed E-state index contributed by atoms with van der Waals surface area (Å²) in [5, 5.41) is 15.9. The predicted molar refractivity (Wildman–Crippen MR) is 79.9 cm³/mol. The van der Waals surface area contributed by atoms with Gasteiger partial charge in [0.15, 0.2) is 0 Å². The van der Waals surface area contributed by atoms with Gasteiger partial charge in [0.1, 0.15) is 0 Å². The molecule has 1 fully saturated rings. The van der Waals surface area contributed by atoms with Crippen LogP contribution in [-0.4, -0.2) is 44.9 Å². The highest BCUT2D eigenvalue weighted by atomic mass is 16.4. The van der Waals surface area contributed by atoms with Crippen LogP contribution >= 0.6 is 0 Å². The average molecular weight is 300 g/mol. The van der Waals surface area contributed by atoms with E-state index in [0.717, 1.165) is 5.69 Å². The van der Waals surface area contributed by atoms with Gasteiger partial charge >= 0.3 is 12.0 Å². The highest BCUT2D eigenvalue weighted by Gasteiger charge is 2.30. The van der Waals surface area contributed by atoms with Crippen molar-refractivity contribution in [2.75, 3.05) is 18.4 Å². The maximum Gasteiger partial charge on any atom is 0.321 e. The molecule has 2 aromatic rings. The fourth-order valence-corrected chi connectivity index (χ4v) is 2.50. The lowest BCUT2D eigenvalue weighted by Crippen LogP contribution is -2.33. The maximum atomic E-state index is 12.2. The molecule has 1 aliphatic heterocycles. The molecule has 7 nitrogen and oxygen atoms in total. The van der Waals surface area contributed by atoms with Gasteiger partial charge in [-0.05, 0) is 30.7 Å². The highest BCUT2D eigenvalue weighted by Crippen LogP contribution is 2.19. The number of carboxylic acids is 1. The van der Waals surface area contributed by atoms with Crippen LogP contribution in [0, 0.1) is 5.92 Å². The van der Waals surface area contributed by atoms with Crippen molar-refractivity contribution < 1.29 is 14.7 Å². The van der Waals surface area contributed by atoms with E-state index >= 15 is 0 Å². The summed E-state index contributed by atoms with van der Waals surface area (Å²) in [7, 11) is 0. The Morgan fingerprint density at radius 1 is 1.32 bits per heavy atom. The number of likely N-dealkylation sites (tertiary alicyclic amines) is 1. The van der Waals surface area contributed by atoms with Gasteiger partial charge in [0, 0.05) is 31.2 Å². The maximum absolute atomic E-state index is 12.2. The van der Waals surface area contributed by atoms with Gasteiger partial charge in [0.05, 0.1) is 11.6 Å². The van der Waals surface area contributed by atoms with E-state index in [9.17, 15) is 9.59 Å². The van der Waals surface area contributed by atoms with Gasteiger partial charge in [-0.3, -0.25) is 4.79 Å². The smallest absolute Gasteiger partial charge is 0.321 e. The molecular formula is C15H16N4O3. The molecule has 2 heterocycles. The van der Waals surface area contributed by atoms with Crippen molar-refractivity contribution in [1.82, 2.24) is 14.7 Å². The van der Waals surface area contributed by atoms with E-state index in [1.165, 1.54) is 4.90 Å². The molecule has 0 saturated carbocycles. The molecule has 0 bridgehead atoms. The molecule has 22 heavy (non-hydrogen) atoms. The zero-order chi connectivity index (χ0) is 15.5. The van der Waals surface area contributed by atoms with Crippen molar-refractivity contribution >= 4 is 17.7 Å². The van der Waals surface area contributed by atoms with Crippen molar-refractivity contribution in [3.05, 3.63) is 42.7 Å². The molecule has 2 N–H and O–H groups in total. The predicted octanol–water partition coefficient (Wildman–Crippen LogP) is 1.81. The van der Waals surface area contributed by atoms with Crippen LogP contribution in [0.25, 0.3) is 5.69 Å². The zero-order valence-electron chi connectivity index (χ0n) is 11.8. The van der Waals surface area contributed by atoms with E-state index in [4.69, 9.17) is 5.11 Å². The second-order valence-corrected chi connectivity index (χ2v) is 5.20. The Morgan fingerprint density at radius 3 is 2.86 bits per heavy atom. The Hall–Kier alpha value is -2.83. The number of carbonyl (C=O) groups is 2. The van der Waals surface area contributed by atoms with Crippen LogP contribution in [0.1, 0.15) is 6.42 Å². The monoisotopic (exact) mass is 300 g/mol. The van der Waals surface area contributed by atoms with E-state index in [0.29, 0.717) is 18.7 Å². The first-order valence-corrected chi connectivity index (χ1v) is 7.02. The minimum atomic E-state index is -0.851. The summed E-state index contributed by atoms with van der Waals surface area (Å²) in [5.41, 5.74) is 1.49. The largest absolute Gasteiger partial charge is 0.481 e. The van der Waals surface area contributed by atoms with Gasteiger partial charge in [-0.2, -0.15) is 5.10 Å². The fraction of sp³-hybridized carbons (Fsp3) is 0.267. The number of benzene rings is 1. The minimum absolute atomic E-state index is 0.250. The Bertz CT molecular complexity index is 684. The Balaban J connectivity index is 1.67. The lowest BCUT2D eigenvalue weighted by Gasteiger charge is -2.17. The molecule has 1 unspecified atom stereocenters. The molecule has 2 amide bonds. The van der Waals surface area contributed by atoms with Gasteiger partial charge in [-0.1, -0.05) is 6.07 Å². The topological polar surface area (TPSA) is 87.5 Å². The third-order valence-corrected chi connectivity index (χ3v) is 3.69. The summed E-state index contributed by atoms with van der Waals surface area (Å²) >= 11 is 0. The first-order valence-electron chi connectivity index (χ1n) is 7.02. The number of rotatable bonds is 3. The van der Waals surface area contributed by atoms with Crippen molar-refractivity contribution in [3.63, 3.8) is 0 Å². The number of aromatic nitrogens is 2. The number of carbonyl (C=O) groups excluding carboxylic acids is 1. The minimum Gasteiger partial charge on any atom is -0.481 e. The van der Waals surface area contributed by atoms with Crippen LogP contribution in [0.3, 0.4) is 0 Å². The number of amides is 2. The van der Waals surface area contributed by atoms with E-state index in [2.05, 4.69) is 10.4 Å². The molecule has 1 aromatic carbocycles. The lowest BCUT2D eigenvalue weighted by atomic mass is 10.1. The summed E-state index contributed by atoms with van der Waals surface area (Å²) < 4.78 is 1.70. The summed E-state index contributed by atoms with van der Waals surface area (Å²) in [6.45, 7) is 0.710. The van der Waals surface area contributed by atoms with E-state index < -0.39 is 11.9 Å².